The lowest BCUT2D eigenvalue weighted by molar-refractivity contribution is -0.000431. The second-order valence-corrected chi connectivity index (χ2v) is 8.02. The van der Waals surface area contributed by atoms with Crippen LogP contribution in [0.3, 0.4) is 0 Å². The van der Waals surface area contributed by atoms with Crippen LogP contribution in [-0.4, -0.2) is 72.8 Å². The number of hydrogen-bond donors (Lipinski definition) is 1. The molecule has 4 rings (SSSR count). The van der Waals surface area contributed by atoms with Crippen LogP contribution in [0, 0.1) is 12.7 Å². The number of pyridine rings is 1. The Kier molecular flexibility index (Phi) is 5.71. The molecule has 1 saturated heterocycles. The van der Waals surface area contributed by atoms with Crippen LogP contribution in [0.25, 0.3) is 5.78 Å². The molecule has 3 aromatic rings. The van der Waals surface area contributed by atoms with Gasteiger partial charge in [0.1, 0.15) is 17.3 Å². The van der Waals surface area contributed by atoms with Crippen LogP contribution in [0.15, 0.2) is 24.4 Å². The van der Waals surface area contributed by atoms with Gasteiger partial charge in [0, 0.05) is 25.8 Å². The number of aliphatic hydroxyl groups is 1. The van der Waals surface area contributed by atoms with Gasteiger partial charge < -0.3 is 14.9 Å². The minimum Gasteiger partial charge on any atom is -0.386 e. The summed E-state index contributed by atoms with van der Waals surface area (Å²) in [6.45, 7) is 2.34. The molecule has 0 aromatic carbocycles. The maximum absolute atomic E-state index is 13.3. The Labute approximate surface area is 181 Å². The number of aromatic nitrogens is 5. The summed E-state index contributed by atoms with van der Waals surface area (Å²) in [5.41, 5.74) is -1.32. The van der Waals surface area contributed by atoms with Gasteiger partial charge >= 0.3 is 0 Å². The van der Waals surface area contributed by atoms with Crippen molar-refractivity contribution in [3.05, 3.63) is 47.4 Å². The van der Waals surface area contributed by atoms with Crippen LogP contribution in [0.4, 0.5) is 19.0 Å². The van der Waals surface area contributed by atoms with Crippen LogP contribution < -0.4 is 4.90 Å². The van der Waals surface area contributed by atoms with Crippen molar-refractivity contribution < 1.29 is 23.1 Å². The van der Waals surface area contributed by atoms with Gasteiger partial charge in [-0.2, -0.15) is 9.50 Å². The predicted molar refractivity (Wildman–Crippen MR) is 108 cm³/mol. The summed E-state index contributed by atoms with van der Waals surface area (Å²) in [5, 5.41) is 15.0. The number of carbonyl (C=O) groups is 1. The molecule has 12 heteroatoms. The van der Waals surface area contributed by atoms with Crippen molar-refractivity contribution in [1.29, 1.82) is 0 Å². The molecule has 1 aliphatic rings. The van der Waals surface area contributed by atoms with E-state index in [1.165, 1.54) is 30.1 Å². The molecule has 1 unspecified atom stereocenters. The van der Waals surface area contributed by atoms with Crippen LogP contribution in [0.1, 0.15) is 41.3 Å². The van der Waals surface area contributed by atoms with Gasteiger partial charge in [-0.25, -0.2) is 23.1 Å². The molecular weight excluding hydrogens is 427 g/mol. The van der Waals surface area contributed by atoms with Crippen LogP contribution in [0.2, 0.25) is 0 Å². The first-order valence-electron chi connectivity index (χ1n) is 10.0. The molecule has 0 aliphatic carbocycles. The lowest BCUT2D eigenvalue weighted by Crippen LogP contribution is -2.55. The van der Waals surface area contributed by atoms with Gasteiger partial charge in [0.15, 0.2) is 0 Å². The number of carbonyl (C=O) groups excluding carboxylic acids is 1. The van der Waals surface area contributed by atoms with E-state index in [1.807, 2.05) is 4.90 Å². The monoisotopic (exact) mass is 449 g/mol. The summed E-state index contributed by atoms with van der Waals surface area (Å²) in [7, 11) is 1.48. The molecule has 9 nitrogen and oxygen atoms in total. The molecule has 170 valence electrons. The molecule has 0 saturated carbocycles. The third kappa shape index (κ3) is 4.35. The topological polar surface area (TPSA) is 99.8 Å². The van der Waals surface area contributed by atoms with Crippen molar-refractivity contribution in [2.24, 2.45) is 0 Å². The molecule has 0 spiro atoms. The molecule has 1 amide bonds. The highest BCUT2D eigenvalue weighted by Crippen LogP contribution is 2.26. The van der Waals surface area contributed by atoms with E-state index in [0.717, 1.165) is 10.7 Å². The molecule has 1 atom stereocenters. The first kappa shape index (κ1) is 21.9. The number of fused-ring (bicyclic) bond motifs is 1. The van der Waals surface area contributed by atoms with Crippen LogP contribution in [0.5, 0.6) is 0 Å². The number of amides is 1. The SMILES string of the molecule is Cc1cc(C(F)F)n2nc(C(=O)N(C)CC3(O)CCCN(c4ccc(F)cn4)C3)nc2n1. The number of likely N-dealkylation sites (N-methyl/N-ethyl adjacent to an activating group) is 1. The van der Waals surface area contributed by atoms with Gasteiger partial charge in [0.2, 0.25) is 5.82 Å². The third-order valence-electron chi connectivity index (χ3n) is 5.35. The Morgan fingerprint density at radius 2 is 2.12 bits per heavy atom. The minimum atomic E-state index is -2.81. The first-order valence-corrected chi connectivity index (χ1v) is 10.0. The number of β-amino-alcohol motifs (C(OH)–C–C–N with tert-alkyl or cyclic N) is 1. The lowest BCUT2D eigenvalue weighted by atomic mass is 9.92. The highest BCUT2D eigenvalue weighted by Gasteiger charge is 2.36. The van der Waals surface area contributed by atoms with E-state index in [4.69, 9.17) is 0 Å². The Bertz CT molecular complexity index is 1140. The first-order chi connectivity index (χ1) is 15.1. The summed E-state index contributed by atoms with van der Waals surface area (Å²) in [4.78, 5) is 28.1. The van der Waals surface area contributed by atoms with E-state index in [2.05, 4.69) is 20.1 Å². The van der Waals surface area contributed by atoms with Gasteiger partial charge in [-0.15, -0.1) is 5.10 Å². The van der Waals surface area contributed by atoms with Gasteiger partial charge in [-0.1, -0.05) is 0 Å². The smallest absolute Gasteiger partial charge is 0.293 e. The second kappa shape index (κ2) is 8.34. The zero-order valence-corrected chi connectivity index (χ0v) is 17.5. The number of halogens is 3. The Hall–Kier alpha value is -3.28. The molecule has 1 fully saturated rings. The molecule has 1 aliphatic heterocycles. The van der Waals surface area contributed by atoms with E-state index in [9.17, 15) is 23.1 Å². The van der Waals surface area contributed by atoms with Crippen molar-refractivity contribution >= 4 is 17.5 Å². The van der Waals surface area contributed by atoms with Crippen LogP contribution in [-0.2, 0) is 0 Å². The highest BCUT2D eigenvalue weighted by atomic mass is 19.3. The maximum atomic E-state index is 13.3. The second-order valence-electron chi connectivity index (χ2n) is 8.02. The van der Waals surface area contributed by atoms with E-state index >= 15 is 0 Å². The minimum absolute atomic E-state index is 0.0345. The Balaban J connectivity index is 1.51. The number of hydrogen-bond acceptors (Lipinski definition) is 7. The standard InChI is InChI=1S/C20H22F3N7O2/c1-12-8-14(16(22)23)30-19(25-12)26-17(27-30)18(31)28(2)10-20(32)6-3-7-29(11-20)15-5-4-13(21)9-24-15/h4-5,8-9,16,32H,3,6-7,10-11H2,1-2H3. The fourth-order valence-corrected chi connectivity index (χ4v) is 3.94. The van der Waals surface area contributed by atoms with Crippen molar-refractivity contribution in [3.63, 3.8) is 0 Å². The summed E-state index contributed by atoms with van der Waals surface area (Å²) in [6.07, 6.45) is -0.616. The predicted octanol–water partition coefficient (Wildman–Crippen LogP) is 2.01. The Morgan fingerprint density at radius 3 is 2.81 bits per heavy atom. The number of rotatable bonds is 5. The van der Waals surface area contributed by atoms with Crippen molar-refractivity contribution in [2.45, 2.75) is 31.8 Å². The Morgan fingerprint density at radius 1 is 1.34 bits per heavy atom. The third-order valence-corrected chi connectivity index (χ3v) is 5.35. The highest BCUT2D eigenvalue weighted by molar-refractivity contribution is 5.90. The summed E-state index contributed by atoms with van der Waals surface area (Å²) in [5.74, 6) is -0.933. The molecule has 32 heavy (non-hydrogen) atoms. The number of piperidine rings is 1. The molecule has 0 radical (unpaired) electrons. The van der Waals surface area contributed by atoms with Crippen molar-refractivity contribution in [3.8, 4) is 0 Å². The van der Waals surface area contributed by atoms with Gasteiger partial charge in [-0.05, 0) is 38.0 Å². The zero-order chi connectivity index (χ0) is 23.0. The number of aryl methyl sites for hydroxylation is 1. The summed E-state index contributed by atoms with van der Waals surface area (Å²) < 4.78 is 40.7. The van der Waals surface area contributed by atoms with Crippen molar-refractivity contribution in [1.82, 2.24) is 29.5 Å². The molecule has 4 heterocycles. The number of anilines is 1. The van der Waals surface area contributed by atoms with E-state index in [-0.39, 0.29) is 24.7 Å². The summed E-state index contributed by atoms with van der Waals surface area (Å²) >= 11 is 0. The zero-order valence-electron chi connectivity index (χ0n) is 17.5. The molecule has 0 bridgehead atoms. The fourth-order valence-electron chi connectivity index (χ4n) is 3.94. The lowest BCUT2D eigenvalue weighted by Gasteiger charge is -2.41. The number of alkyl halides is 2. The molecule has 3 aromatic heterocycles. The van der Waals surface area contributed by atoms with Gasteiger partial charge in [-0.3, -0.25) is 4.79 Å². The normalized spacial score (nSPS) is 19.0. The fraction of sp³-hybridized carbons (Fsp3) is 0.450. The largest absolute Gasteiger partial charge is 0.386 e. The van der Waals surface area contributed by atoms with Gasteiger partial charge in [0.25, 0.3) is 18.1 Å². The van der Waals surface area contributed by atoms with Gasteiger partial charge in [0.05, 0.1) is 18.3 Å². The average molecular weight is 449 g/mol. The molecule has 1 N–H and O–H groups in total. The van der Waals surface area contributed by atoms with E-state index < -0.39 is 29.4 Å². The van der Waals surface area contributed by atoms with Crippen LogP contribution >= 0.6 is 0 Å². The van der Waals surface area contributed by atoms with E-state index in [0.29, 0.717) is 30.9 Å². The number of nitrogens with zero attached hydrogens (tertiary/aromatic N) is 7. The summed E-state index contributed by atoms with van der Waals surface area (Å²) in [6, 6.07) is 4.02. The van der Waals surface area contributed by atoms with Crippen molar-refractivity contribution in [2.75, 3.05) is 31.6 Å². The molecular formula is C20H22F3N7O2. The quantitative estimate of drug-likeness (QED) is 0.636. The maximum Gasteiger partial charge on any atom is 0.293 e. The van der Waals surface area contributed by atoms with E-state index in [1.54, 1.807) is 6.92 Å². The average Bonchev–Trinajstić information content (AvgIpc) is 3.16.